The van der Waals surface area contributed by atoms with E-state index in [4.69, 9.17) is 10.5 Å². The Kier molecular flexibility index (Phi) is 4.59. The summed E-state index contributed by atoms with van der Waals surface area (Å²) in [5.74, 6) is 0.179. The Hall–Kier alpha value is -0.650. The fourth-order valence-corrected chi connectivity index (χ4v) is 2.77. The topological polar surface area (TPSA) is 58.8 Å². The molecule has 18 heavy (non-hydrogen) atoms. The van der Waals surface area contributed by atoms with Crippen molar-refractivity contribution >= 4 is 5.91 Å². The van der Waals surface area contributed by atoms with Crippen molar-refractivity contribution in [2.24, 2.45) is 5.73 Å². The quantitative estimate of drug-likeness (QED) is 0.771. The second kappa shape index (κ2) is 5.99. The van der Waals surface area contributed by atoms with Crippen molar-refractivity contribution in [2.75, 3.05) is 45.9 Å². The second-order valence-corrected chi connectivity index (χ2v) is 5.46. The summed E-state index contributed by atoms with van der Waals surface area (Å²) in [7, 11) is 0. The Balaban J connectivity index is 1.80. The van der Waals surface area contributed by atoms with Gasteiger partial charge in [0, 0.05) is 32.8 Å². The van der Waals surface area contributed by atoms with E-state index in [0.29, 0.717) is 0 Å². The number of ether oxygens (including phenoxy) is 1. The monoisotopic (exact) mass is 255 g/mol. The molecular weight excluding hydrogens is 230 g/mol. The number of amides is 1. The van der Waals surface area contributed by atoms with Crippen LogP contribution >= 0.6 is 0 Å². The van der Waals surface area contributed by atoms with Gasteiger partial charge in [0.2, 0.25) is 0 Å². The van der Waals surface area contributed by atoms with E-state index >= 15 is 0 Å². The van der Waals surface area contributed by atoms with Gasteiger partial charge in [-0.15, -0.1) is 0 Å². The molecular formula is C13H25N3O2. The van der Waals surface area contributed by atoms with Crippen LogP contribution in [-0.2, 0) is 9.53 Å². The van der Waals surface area contributed by atoms with Gasteiger partial charge in [-0.05, 0) is 39.3 Å². The zero-order valence-electron chi connectivity index (χ0n) is 11.4. The molecule has 2 aliphatic rings. The highest BCUT2D eigenvalue weighted by atomic mass is 16.5. The maximum absolute atomic E-state index is 12.4. The standard InChI is InChI=1S/C13H25N3O2/c1-13(4-2-11-18-13)12(17)16-9-7-15(8-10-16)6-3-5-14/h2-11,14H2,1H3. The van der Waals surface area contributed by atoms with E-state index in [-0.39, 0.29) is 5.91 Å². The van der Waals surface area contributed by atoms with Crippen molar-refractivity contribution in [1.29, 1.82) is 0 Å². The number of carbonyl (C=O) groups is 1. The number of carbonyl (C=O) groups excluding carboxylic acids is 1. The van der Waals surface area contributed by atoms with Crippen LogP contribution in [0.5, 0.6) is 0 Å². The van der Waals surface area contributed by atoms with Crippen molar-refractivity contribution in [1.82, 2.24) is 9.80 Å². The van der Waals surface area contributed by atoms with Crippen molar-refractivity contribution in [3.63, 3.8) is 0 Å². The molecule has 5 nitrogen and oxygen atoms in total. The molecule has 2 saturated heterocycles. The zero-order chi connectivity index (χ0) is 13.0. The molecule has 1 unspecified atom stereocenters. The first-order chi connectivity index (χ1) is 8.65. The summed E-state index contributed by atoms with van der Waals surface area (Å²) in [6, 6.07) is 0. The lowest BCUT2D eigenvalue weighted by Gasteiger charge is -2.38. The number of rotatable bonds is 4. The molecule has 2 N–H and O–H groups in total. The van der Waals surface area contributed by atoms with E-state index in [0.717, 1.165) is 65.1 Å². The molecule has 1 amide bonds. The van der Waals surface area contributed by atoms with Crippen molar-refractivity contribution < 1.29 is 9.53 Å². The minimum atomic E-state index is -0.556. The van der Waals surface area contributed by atoms with Gasteiger partial charge in [0.15, 0.2) is 0 Å². The number of nitrogens with zero attached hydrogens (tertiary/aromatic N) is 2. The molecule has 0 aromatic heterocycles. The normalized spacial score (nSPS) is 29.8. The smallest absolute Gasteiger partial charge is 0.254 e. The summed E-state index contributed by atoms with van der Waals surface area (Å²) < 4.78 is 5.63. The molecule has 0 aromatic rings. The lowest BCUT2D eigenvalue weighted by atomic mass is 10.0. The average Bonchev–Trinajstić information content (AvgIpc) is 2.84. The summed E-state index contributed by atoms with van der Waals surface area (Å²) in [5.41, 5.74) is 4.96. The predicted molar refractivity (Wildman–Crippen MR) is 70.3 cm³/mol. The highest BCUT2D eigenvalue weighted by molar-refractivity contribution is 5.85. The van der Waals surface area contributed by atoms with Crippen LogP contribution in [0, 0.1) is 0 Å². The number of hydrogen-bond acceptors (Lipinski definition) is 4. The Morgan fingerprint density at radius 2 is 2.06 bits per heavy atom. The molecule has 2 rings (SSSR count). The average molecular weight is 255 g/mol. The molecule has 0 bridgehead atoms. The minimum absolute atomic E-state index is 0.179. The highest BCUT2D eigenvalue weighted by Crippen LogP contribution is 2.27. The van der Waals surface area contributed by atoms with Gasteiger partial charge in [0.25, 0.3) is 5.91 Å². The van der Waals surface area contributed by atoms with Crippen molar-refractivity contribution in [3.05, 3.63) is 0 Å². The first kappa shape index (κ1) is 13.8. The van der Waals surface area contributed by atoms with Gasteiger partial charge in [-0.2, -0.15) is 0 Å². The van der Waals surface area contributed by atoms with E-state index in [2.05, 4.69) is 4.90 Å². The summed E-state index contributed by atoms with van der Waals surface area (Å²) in [5, 5.41) is 0. The lowest BCUT2D eigenvalue weighted by molar-refractivity contribution is -0.152. The molecule has 2 heterocycles. The third-order valence-corrected chi connectivity index (χ3v) is 4.01. The first-order valence-electron chi connectivity index (χ1n) is 7.01. The van der Waals surface area contributed by atoms with Crippen LogP contribution in [0.4, 0.5) is 0 Å². The lowest BCUT2D eigenvalue weighted by Crippen LogP contribution is -2.54. The van der Waals surface area contributed by atoms with E-state index in [1.807, 2.05) is 11.8 Å². The highest BCUT2D eigenvalue weighted by Gasteiger charge is 2.41. The predicted octanol–water partition coefficient (Wildman–Crippen LogP) is 0.0485. The van der Waals surface area contributed by atoms with Gasteiger partial charge in [-0.3, -0.25) is 9.69 Å². The molecule has 0 aromatic carbocycles. The zero-order valence-corrected chi connectivity index (χ0v) is 11.4. The van der Waals surface area contributed by atoms with Crippen LogP contribution in [0.2, 0.25) is 0 Å². The Labute approximate surface area is 109 Å². The van der Waals surface area contributed by atoms with Gasteiger partial charge < -0.3 is 15.4 Å². The maximum atomic E-state index is 12.4. The third kappa shape index (κ3) is 3.02. The molecule has 2 fully saturated rings. The van der Waals surface area contributed by atoms with Gasteiger partial charge in [0.1, 0.15) is 5.60 Å². The molecule has 0 spiro atoms. The SMILES string of the molecule is CC1(C(=O)N2CCN(CCCN)CC2)CCCO1. The Morgan fingerprint density at radius 3 is 2.61 bits per heavy atom. The molecule has 0 aliphatic carbocycles. The summed E-state index contributed by atoms with van der Waals surface area (Å²) in [4.78, 5) is 16.8. The van der Waals surface area contributed by atoms with Gasteiger partial charge in [-0.25, -0.2) is 0 Å². The Morgan fingerprint density at radius 1 is 1.33 bits per heavy atom. The van der Waals surface area contributed by atoms with Crippen LogP contribution in [0.25, 0.3) is 0 Å². The van der Waals surface area contributed by atoms with Crippen LogP contribution in [-0.4, -0.2) is 67.2 Å². The largest absolute Gasteiger partial charge is 0.365 e. The van der Waals surface area contributed by atoms with E-state index in [9.17, 15) is 4.79 Å². The van der Waals surface area contributed by atoms with E-state index in [1.54, 1.807) is 0 Å². The minimum Gasteiger partial charge on any atom is -0.365 e. The molecule has 1 atom stereocenters. The van der Waals surface area contributed by atoms with Crippen LogP contribution < -0.4 is 5.73 Å². The van der Waals surface area contributed by atoms with Crippen molar-refractivity contribution in [2.45, 2.75) is 31.8 Å². The number of hydrogen-bond donors (Lipinski definition) is 1. The summed E-state index contributed by atoms with van der Waals surface area (Å²) in [6.07, 6.45) is 2.90. The Bertz CT molecular complexity index is 282. The van der Waals surface area contributed by atoms with Gasteiger partial charge in [-0.1, -0.05) is 0 Å². The number of piperazine rings is 1. The fraction of sp³-hybridized carbons (Fsp3) is 0.923. The summed E-state index contributed by atoms with van der Waals surface area (Å²) in [6.45, 7) is 8.01. The van der Waals surface area contributed by atoms with Gasteiger partial charge in [0.05, 0.1) is 0 Å². The molecule has 5 heteroatoms. The maximum Gasteiger partial charge on any atom is 0.254 e. The van der Waals surface area contributed by atoms with Crippen molar-refractivity contribution in [3.8, 4) is 0 Å². The molecule has 0 saturated carbocycles. The van der Waals surface area contributed by atoms with E-state index in [1.165, 1.54) is 0 Å². The fourth-order valence-electron chi connectivity index (χ4n) is 2.77. The third-order valence-electron chi connectivity index (χ3n) is 4.01. The van der Waals surface area contributed by atoms with Crippen LogP contribution in [0.1, 0.15) is 26.2 Å². The molecule has 2 aliphatic heterocycles. The number of nitrogens with two attached hydrogens (primary N) is 1. The van der Waals surface area contributed by atoms with E-state index < -0.39 is 5.60 Å². The van der Waals surface area contributed by atoms with Gasteiger partial charge >= 0.3 is 0 Å². The summed E-state index contributed by atoms with van der Waals surface area (Å²) >= 11 is 0. The second-order valence-electron chi connectivity index (χ2n) is 5.46. The first-order valence-corrected chi connectivity index (χ1v) is 7.01. The van der Waals surface area contributed by atoms with Crippen LogP contribution in [0.15, 0.2) is 0 Å². The van der Waals surface area contributed by atoms with Crippen LogP contribution in [0.3, 0.4) is 0 Å². The molecule has 104 valence electrons. The molecule has 0 radical (unpaired) electrons.